The van der Waals surface area contributed by atoms with Crippen LogP contribution >= 0.6 is 0 Å². The van der Waals surface area contributed by atoms with E-state index in [0.29, 0.717) is 17.5 Å². The molecule has 1 heteroatoms. The summed E-state index contributed by atoms with van der Waals surface area (Å²) in [6.45, 7) is 9.98. The predicted molar refractivity (Wildman–Crippen MR) is 132 cm³/mol. The van der Waals surface area contributed by atoms with Crippen molar-refractivity contribution < 1.29 is 0 Å². The number of fused-ring (bicyclic) bond motifs is 5. The highest BCUT2D eigenvalue weighted by atomic mass is 15.0. The van der Waals surface area contributed by atoms with Crippen molar-refractivity contribution in [1.82, 2.24) is 5.32 Å². The normalized spacial score (nSPS) is 44.1. The van der Waals surface area contributed by atoms with Gasteiger partial charge in [-0.1, -0.05) is 57.0 Å². The Kier molecular flexibility index (Phi) is 6.28. The molecule has 1 nitrogen and oxygen atoms in total. The van der Waals surface area contributed by atoms with Gasteiger partial charge < -0.3 is 5.32 Å². The first kappa shape index (κ1) is 22.0. The van der Waals surface area contributed by atoms with Crippen LogP contribution in [0.25, 0.3) is 0 Å². The second-order valence-corrected chi connectivity index (χ2v) is 12.3. The largest absolute Gasteiger partial charge is 0.307 e. The molecule has 1 aromatic carbocycles. The maximum atomic E-state index is 4.02. The van der Waals surface area contributed by atoms with Crippen LogP contribution in [0.5, 0.6) is 0 Å². The molecule has 0 spiro atoms. The Morgan fingerprint density at radius 1 is 0.903 bits per heavy atom. The molecular formula is C30H47N. The molecule has 10 atom stereocenters. The maximum absolute atomic E-state index is 4.02. The third-order valence-electron chi connectivity index (χ3n) is 11.1. The highest BCUT2D eigenvalue weighted by Crippen LogP contribution is 2.65. The number of hydrogen-bond donors (Lipinski definition) is 1. The molecule has 0 aliphatic heterocycles. The summed E-state index contributed by atoms with van der Waals surface area (Å²) in [4.78, 5) is 0. The Bertz CT molecular complexity index is 727. The summed E-state index contributed by atoms with van der Waals surface area (Å²) in [5.41, 5.74) is 2.00. The molecule has 4 aliphatic carbocycles. The highest BCUT2D eigenvalue weighted by molar-refractivity contribution is 5.18. The standard InChI is InChI=1S/C30H47N/c1-5-22-11-13-25-24(19-22)12-14-27-26(25)17-18-30(4)28(15-16-29(27)30)21(3)31-20(2)23-9-7-6-8-10-23/h6-10,20-22,24-29,31H,5,11-19H2,1-4H3. The van der Waals surface area contributed by atoms with Crippen LogP contribution in [-0.2, 0) is 0 Å². The fourth-order valence-electron chi connectivity index (χ4n) is 9.53. The zero-order chi connectivity index (χ0) is 21.6. The number of nitrogens with one attached hydrogen (secondary N) is 1. The summed E-state index contributed by atoms with van der Waals surface area (Å²) in [5.74, 6) is 7.16. The summed E-state index contributed by atoms with van der Waals surface area (Å²) in [5, 5.41) is 4.02. The predicted octanol–water partition coefficient (Wildman–Crippen LogP) is 8.02. The minimum Gasteiger partial charge on any atom is -0.307 e. The first-order chi connectivity index (χ1) is 15.0. The Morgan fingerprint density at radius 2 is 1.68 bits per heavy atom. The van der Waals surface area contributed by atoms with Crippen LogP contribution in [0.3, 0.4) is 0 Å². The number of benzene rings is 1. The van der Waals surface area contributed by atoms with Crippen molar-refractivity contribution in [2.24, 2.45) is 46.8 Å². The number of hydrogen-bond acceptors (Lipinski definition) is 1. The van der Waals surface area contributed by atoms with E-state index in [2.05, 4.69) is 63.3 Å². The molecule has 0 aromatic heterocycles. The van der Waals surface area contributed by atoms with Crippen molar-refractivity contribution in [3.05, 3.63) is 35.9 Å². The maximum Gasteiger partial charge on any atom is 0.0294 e. The van der Waals surface area contributed by atoms with Crippen molar-refractivity contribution in [3.63, 3.8) is 0 Å². The highest BCUT2D eigenvalue weighted by Gasteiger charge is 2.57. The van der Waals surface area contributed by atoms with Gasteiger partial charge in [-0.05, 0) is 118 Å². The summed E-state index contributed by atoms with van der Waals surface area (Å²) >= 11 is 0. The van der Waals surface area contributed by atoms with Crippen molar-refractivity contribution >= 4 is 0 Å². The van der Waals surface area contributed by atoms with Crippen molar-refractivity contribution in [3.8, 4) is 0 Å². The molecule has 0 saturated heterocycles. The van der Waals surface area contributed by atoms with Gasteiger partial charge in [-0.25, -0.2) is 0 Å². The molecule has 0 radical (unpaired) electrons. The van der Waals surface area contributed by atoms with E-state index in [4.69, 9.17) is 0 Å². The fraction of sp³-hybridized carbons (Fsp3) is 0.800. The van der Waals surface area contributed by atoms with Crippen molar-refractivity contribution in [1.29, 1.82) is 0 Å². The molecule has 0 amide bonds. The molecule has 172 valence electrons. The van der Waals surface area contributed by atoms with E-state index >= 15 is 0 Å². The van der Waals surface area contributed by atoms with Gasteiger partial charge in [0.15, 0.2) is 0 Å². The monoisotopic (exact) mass is 421 g/mol. The molecule has 1 aromatic rings. The van der Waals surface area contributed by atoms with Crippen LogP contribution < -0.4 is 5.32 Å². The van der Waals surface area contributed by atoms with Crippen LogP contribution in [0, 0.1) is 46.8 Å². The van der Waals surface area contributed by atoms with E-state index < -0.39 is 0 Å². The SMILES string of the molecule is CCC1CCC2C(CCC3C2CCC2(C)C(C(C)NC(C)c4ccccc4)CCC32)C1. The van der Waals surface area contributed by atoms with E-state index in [0.717, 1.165) is 41.4 Å². The smallest absolute Gasteiger partial charge is 0.0294 e. The lowest BCUT2D eigenvalue weighted by atomic mass is 9.49. The molecule has 0 bridgehead atoms. The second kappa shape index (κ2) is 8.85. The van der Waals surface area contributed by atoms with Gasteiger partial charge in [-0.15, -0.1) is 0 Å². The van der Waals surface area contributed by atoms with E-state index in [1.165, 1.54) is 44.1 Å². The fourth-order valence-corrected chi connectivity index (χ4v) is 9.53. The molecule has 4 fully saturated rings. The lowest BCUT2D eigenvalue weighted by Crippen LogP contribution is -2.51. The Balaban J connectivity index is 1.27. The lowest BCUT2D eigenvalue weighted by molar-refractivity contribution is -0.0715. The van der Waals surface area contributed by atoms with E-state index in [1.54, 1.807) is 25.7 Å². The average molecular weight is 422 g/mol. The zero-order valence-corrected chi connectivity index (χ0v) is 20.7. The third-order valence-corrected chi connectivity index (χ3v) is 11.1. The number of rotatable bonds is 5. The van der Waals surface area contributed by atoms with Crippen molar-refractivity contribution in [2.75, 3.05) is 0 Å². The van der Waals surface area contributed by atoms with Crippen LogP contribution in [-0.4, -0.2) is 6.04 Å². The van der Waals surface area contributed by atoms with Crippen LogP contribution in [0.15, 0.2) is 30.3 Å². The molecule has 1 N–H and O–H groups in total. The third kappa shape index (κ3) is 3.92. The van der Waals surface area contributed by atoms with Gasteiger partial charge in [0.25, 0.3) is 0 Å². The Hall–Kier alpha value is -0.820. The quantitative estimate of drug-likeness (QED) is 0.507. The van der Waals surface area contributed by atoms with E-state index in [-0.39, 0.29) is 0 Å². The molecular weight excluding hydrogens is 374 g/mol. The van der Waals surface area contributed by atoms with Gasteiger partial charge in [0.05, 0.1) is 0 Å². The van der Waals surface area contributed by atoms with E-state index in [1.807, 2.05) is 0 Å². The second-order valence-electron chi connectivity index (χ2n) is 12.3. The molecule has 31 heavy (non-hydrogen) atoms. The van der Waals surface area contributed by atoms with Crippen LogP contribution in [0.2, 0.25) is 0 Å². The van der Waals surface area contributed by atoms with Gasteiger partial charge in [-0.2, -0.15) is 0 Å². The first-order valence-electron chi connectivity index (χ1n) is 13.8. The minimum atomic E-state index is 0.444. The van der Waals surface area contributed by atoms with Gasteiger partial charge in [0.1, 0.15) is 0 Å². The van der Waals surface area contributed by atoms with Crippen LogP contribution in [0.4, 0.5) is 0 Å². The molecule has 5 rings (SSSR count). The molecule has 10 unspecified atom stereocenters. The lowest BCUT2D eigenvalue weighted by Gasteiger charge is -2.57. The molecule has 4 aliphatic rings. The van der Waals surface area contributed by atoms with Gasteiger partial charge in [0.2, 0.25) is 0 Å². The zero-order valence-electron chi connectivity index (χ0n) is 20.7. The Morgan fingerprint density at radius 3 is 2.45 bits per heavy atom. The van der Waals surface area contributed by atoms with Gasteiger partial charge in [0, 0.05) is 12.1 Å². The Labute approximate surface area is 192 Å². The summed E-state index contributed by atoms with van der Waals surface area (Å²) < 4.78 is 0. The van der Waals surface area contributed by atoms with Gasteiger partial charge >= 0.3 is 0 Å². The van der Waals surface area contributed by atoms with Crippen molar-refractivity contribution in [2.45, 2.75) is 104 Å². The van der Waals surface area contributed by atoms with E-state index in [9.17, 15) is 0 Å². The van der Waals surface area contributed by atoms with Gasteiger partial charge in [-0.3, -0.25) is 0 Å². The minimum absolute atomic E-state index is 0.444. The molecule has 0 heterocycles. The topological polar surface area (TPSA) is 12.0 Å². The first-order valence-corrected chi connectivity index (χ1v) is 13.8. The summed E-state index contributed by atoms with van der Waals surface area (Å²) in [7, 11) is 0. The summed E-state index contributed by atoms with van der Waals surface area (Å²) in [6, 6.07) is 12.1. The van der Waals surface area contributed by atoms with Crippen LogP contribution in [0.1, 0.15) is 104 Å². The molecule has 4 saturated carbocycles. The average Bonchev–Trinajstić information content (AvgIpc) is 3.16. The summed E-state index contributed by atoms with van der Waals surface area (Å²) in [6.07, 6.45) is 15.2.